The highest BCUT2D eigenvalue weighted by Crippen LogP contribution is 2.31. The number of nitrogens with zero attached hydrogens (tertiary/aromatic N) is 2. The number of carbonyl (C=O) groups is 1. The van der Waals surface area contributed by atoms with E-state index in [2.05, 4.69) is 18.1 Å². The molecule has 0 saturated heterocycles. The number of fused-ring (bicyclic) bond motifs is 1. The third-order valence-electron chi connectivity index (χ3n) is 4.55. The Balaban J connectivity index is 1.80. The van der Waals surface area contributed by atoms with Gasteiger partial charge in [-0.3, -0.25) is 9.48 Å². The number of carbonyl (C=O) groups excluding carboxylic acids is 1. The second kappa shape index (κ2) is 5.60. The van der Waals surface area contributed by atoms with Crippen molar-refractivity contribution in [2.24, 2.45) is 5.73 Å². The number of rotatable bonds is 5. The van der Waals surface area contributed by atoms with Gasteiger partial charge in [0.05, 0.1) is 17.6 Å². The van der Waals surface area contributed by atoms with Crippen LogP contribution < -0.4 is 5.73 Å². The monoisotopic (exact) mass is 285 g/mol. The van der Waals surface area contributed by atoms with Crippen LogP contribution in [0.4, 0.5) is 0 Å². The van der Waals surface area contributed by atoms with Crippen LogP contribution in [0.5, 0.6) is 0 Å². The van der Waals surface area contributed by atoms with Crippen molar-refractivity contribution in [3.05, 3.63) is 30.0 Å². The van der Waals surface area contributed by atoms with Gasteiger partial charge in [-0.25, -0.2) is 0 Å². The standard InChI is InChI=1S/C17H23N3O/c1-2-20-16-8-4-3-7-14(16)15(19-20)11-13(21)12-17(18)9-5-6-10-17/h3-4,7-8H,2,5-6,9-12,18H2,1H3. The van der Waals surface area contributed by atoms with Crippen molar-refractivity contribution in [3.8, 4) is 0 Å². The Labute approximate surface area is 125 Å². The minimum Gasteiger partial charge on any atom is -0.325 e. The molecule has 0 aliphatic heterocycles. The number of benzene rings is 1. The topological polar surface area (TPSA) is 60.9 Å². The van der Waals surface area contributed by atoms with Gasteiger partial charge in [-0.2, -0.15) is 5.10 Å². The maximum absolute atomic E-state index is 12.4. The van der Waals surface area contributed by atoms with Crippen LogP contribution in [-0.4, -0.2) is 21.1 Å². The van der Waals surface area contributed by atoms with Gasteiger partial charge in [0.2, 0.25) is 0 Å². The van der Waals surface area contributed by atoms with E-state index in [1.165, 1.54) is 0 Å². The van der Waals surface area contributed by atoms with Gasteiger partial charge >= 0.3 is 0 Å². The van der Waals surface area contributed by atoms with Gasteiger partial charge < -0.3 is 5.73 Å². The summed E-state index contributed by atoms with van der Waals surface area (Å²) in [6.07, 6.45) is 5.13. The van der Waals surface area contributed by atoms with E-state index in [4.69, 9.17) is 5.73 Å². The first kappa shape index (κ1) is 14.3. The number of nitrogens with two attached hydrogens (primary N) is 1. The molecule has 1 saturated carbocycles. The fourth-order valence-electron chi connectivity index (χ4n) is 3.47. The van der Waals surface area contributed by atoms with Gasteiger partial charge in [0.25, 0.3) is 0 Å². The van der Waals surface area contributed by atoms with E-state index in [9.17, 15) is 4.79 Å². The second-order valence-electron chi connectivity index (χ2n) is 6.24. The molecule has 1 aromatic carbocycles. The van der Waals surface area contributed by atoms with Gasteiger partial charge in [-0.05, 0) is 25.8 Å². The highest BCUT2D eigenvalue weighted by molar-refractivity contribution is 5.89. The molecule has 2 aromatic rings. The van der Waals surface area contributed by atoms with E-state index in [0.717, 1.165) is 48.8 Å². The van der Waals surface area contributed by atoms with Crippen LogP contribution in [-0.2, 0) is 17.8 Å². The van der Waals surface area contributed by atoms with Crippen LogP contribution in [0.3, 0.4) is 0 Å². The quantitative estimate of drug-likeness (QED) is 0.919. The van der Waals surface area contributed by atoms with Crippen LogP contribution in [0.25, 0.3) is 10.9 Å². The van der Waals surface area contributed by atoms with E-state index in [0.29, 0.717) is 12.8 Å². The van der Waals surface area contributed by atoms with Gasteiger partial charge in [0.1, 0.15) is 5.78 Å². The molecule has 1 heterocycles. The van der Waals surface area contributed by atoms with Crippen LogP contribution in [0.1, 0.15) is 44.7 Å². The molecule has 112 valence electrons. The number of ketones is 1. The number of hydrogen-bond donors (Lipinski definition) is 1. The number of para-hydroxylation sites is 1. The van der Waals surface area contributed by atoms with Crippen molar-refractivity contribution in [3.63, 3.8) is 0 Å². The Morgan fingerprint density at radius 1 is 1.33 bits per heavy atom. The first-order valence-electron chi connectivity index (χ1n) is 7.86. The fraction of sp³-hybridized carbons (Fsp3) is 0.529. The van der Waals surface area contributed by atoms with Crippen LogP contribution in [0.2, 0.25) is 0 Å². The van der Waals surface area contributed by atoms with E-state index < -0.39 is 0 Å². The first-order chi connectivity index (χ1) is 10.1. The summed E-state index contributed by atoms with van der Waals surface area (Å²) in [5.74, 6) is 0.214. The van der Waals surface area contributed by atoms with E-state index in [1.54, 1.807) is 0 Å². The summed E-state index contributed by atoms with van der Waals surface area (Å²) in [4.78, 5) is 12.4. The van der Waals surface area contributed by atoms with E-state index in [-0.39, 0.29) is 11.3 Å². The lowest BCUT2D eigenvalue weighted by Gasteiger charge is -2.22. The Morgan fingerprint density at radius 2 is 2.05 bits per heavy atom. The summed E-state index contributed by atoms with van der Waals surface area (Å²) in [6, 6.07) is 8.11. The van der Waals surface area contributed by atoms with Crippen LogP contribution >= 0.6 is 0 Å². The molecule has 4 heteroatoms. The van der Waals surface area contributed by atoms with Crippen molar-refractivity contribution in [1.29, 1.82) is 0 Å². The molecule has 21 heavy (non-hydrogen) atoms. The minimum atomic E-state index is -0.264. The maximum atomic E-state index is 12.4. The number of aryl methyl sites for hydroxylation is 1. The highest BCUT2D eigenvalue weighted by Gasteiger charge is 2.31. The summed E-state index contributed by atoms with van der Waals surface area (Å²) in [6.45, 7) is 2.88. The smallest absolute Gasteiger partial charge is 0.140 e. The lowest BCUT2D eigenvalue weighted by Crippen LogP contribution is -2.39. The molecule has 0 amide bonds. The zero-order valence-corrected chi connectivity index (χ0v) is 12.6. The predicted molar refractivity (Wildman–Crippen MR) is 84.1 cm³/mol. The third kappa shape index (κ3) is 2.86. The molecule has 0 radical (unpaired) electrons. The average Bonchev–Trinajstić information content (AvgIpc) is 3.03. The first-order valence-corrected chi connectivity index (χ1v) is 7.86. The summed E-state index contributed by atoms with van der Waals surface area (Å²) < 4.78 is 1.96. The van der Waals surface area contributed by atoms with Crippen LogP contribution in [0.15, 0.2) is 24.3 Å². The molecule has 0 unspecified atom stereocenters. The summed E-state index contributed by atoms with van der Waals surface area (Å²) in [7, 11) is 0. The molecular formula is C17H23N3O. The molecule has 1 fully saturated rings. The summed E-state index contributed by atoms with van der Waals surface area (Å²) >= 11 is 0. The Morgan fingerprint density at radius 3 is 2.76 bits per heavy atom. The van der Waals surface area contributed by atoms with Crippen molar-refractivity contribution >= 4 is 16.7 Å². The molecule has 1 aliphatic rings. The third-order valence-corrected chi connectivity index (χ3v) is 4.55. The fourth-order valence-corrected chi connectivity index (χ4v) is 3.47. The maximum Gasteiger partial charge on any atom is 0.140 e. The van der Waals surface area contributed by atoms with E-state index >= 15 is 0 Å². The zero-order valence-electron chi connectivity index (χ0n) is 12.6. The molecule has 1 aromatic heterocycles. The lowest BCUT2D eigenvalue weighted by atomic mass is 9.91. The van der Waals surface area contributed by atoms with Crippen molar-refractivity contribution in [2.45, 2.75) is 57.5 Å². The number of aromatic nitrogens is 2. The molecule has 0 spiro atoms. The normalized spacial score (nSPS) is 17.4. The van der Waals surface area contributed by atoms with Gasteiger partial charge in [-0.15, -0.1) is 0 Å². The van der Waals surface area contributed by atoms with Crippen molar-refractivity contribution in [1.82, 2.24) is 9.78 Å². The molecule has 3 rings (SSSR count). The van der Waals surface area contributed by atoms with E-state index in [1.807, 2.05) is 22.9 Å². The molecule has 1 aliphatic carbocycles. The Hall–Kier alpha value is -1.68. The van der Waals surface area contributed by atoms with Gasteiger partial charge in [0, 0.05) is 23.9 Å². The average molecular weight is 285 g/mol. The molecule has 0 atom stereocenters. The zero-order chi connectivity index (χ0) is 14.9. The van der Waals surface area contributed by atoms with Gasteiger partial charge in [-0.1, -0.05) is 31.0 Å². The Bertz CT molecular complexity index is 653. The molecular weight excluding hydrogens is 262 g/mol. The van der Waals surface area contributed by atoms with Crippen molar-refractivity contribution in [2.75, 3.05) is 0 Å². The number of Topliss-reactive ketones (excluding diaryl/α,β-unsaturated/α-hetero) is 1. The summed E-state index contributed by atoms with van der Waals surface area (Å²) in [5.41, 5.74) is 8.04. The highest BCUT2D eigenvalue weighted by atomic mass is 16.1. The SMILES string of the molecule is CCn1nc(CC(=O)CC2(N)CCCC2)c2ccccc21. The molecule has 0 bridgehead atoms. The summed E-state index contributed by atoms with van der Waals surface area (Å²) in [5, 5.41) is 5.69. The minimum absolute atomic E-state index is 0.214. The lowest BCUT2D eigenvalue weighted by molar-refractivity contribution is -0.119. The molecule has 4 nitrogen and oxygen atoms in total. The Kier molecular flexibility index (Phi) is 3.81. The van der Waals surface area contributed by atoms with Crippen molar-refractivity contribution < 1.29 is 4.79 Å². The van der Waals surface area contributed by atoms with Gasteiger partial charge in [0.15, 0.2) is 0 Å². The predicted octanol–water partition coefficient (Wildman–Crippen LogP) is 2.83. The largest absolute Gasteiger partial charge is 0.325 e. The molecule has 2 N–H and O–H groups in total. The second-order valence-corrected chi connectivity index (χ2v) is 6.24. The van der Waals surface area contributed by atoms with Crippen LogP contribution in [0, 0.1) is 0 Å². The number of hydrogen-bond acceptors (Lipinski definition) is 3.